The molecule has 0 spiro atoms. The summed E-state index contributed by atoms with van der Waals surface area (Å²) < 4.78 is 0. The van der Waals surface area contributed by atoms with E-state index in [-0.39, 0.29) is 0 Å². The normalized spacial score (nSPS) is 19.9. The second kappa shape index (κ2) is 3.96. The number of nitrogens with zero attached hydrogens (tertiary/aromatic N) is 1. The monoisotopic (exact) mass is 217 g/mol. The van der Waals surface area contributed by atoms with E-state index in [9.17, 15) is 0 Å². The lowest BCUT2D eigenvalue weighted by molar-refractivity contribution is 0.568. The Morgan fingerprint density at radius 1 is 1.25 bits per heavy atom. The minimum atomic E-state index is 0.715. The van der Waals surface area contributed by atoms with Crippen LogP contribution in [-0.4, -0.2) is 18.1 Å². The Hall–Kier alpha value is -1.25. The molecule has 0 aromatic carbocycles. The molecule has 1 aromatic heterocycles. The topological polar surface area (TPSA) is 37.0 Å². The van der Waals surface area contributed by atoms with Crippen molar-refractivity contribution in [2.24, 2.45) is 11.8 Å². The summed E-state index contributed by atoms with van der Waals surface area (Å²) in [5, 5.41) is 6.78. The summed E-state index contributed by atoms with van der Waals surface area (Å²) in [4.78, 5) is 4.24. The van der Waals surface area contributed by atoms with E-state index in [2.05, 4.69) is 27.8 Å². The molecule has 2 fully saturated rings. The molecule has 0 amide bonds. The van der Waals surface area contributed by atoms with Crippen LogP contribution in [0.25, 0.3) is 0 Å². The molecule has 3 heteroatoms. The number of rotatable bonds is 5. The molecule has 0 radical (unpaired) electrons. The molecular weight excluding hydrogens is 198 g/mol. The highest BCUT2D eigenvalue weighted by Gasteiger charge is 2.41. The molecular formula is C13H19N3. The molecule has 3 nitrogen and oxygen atoms in total. The van der Waals surface area contributed by atoms with Gasteiger partial charge in [-0.1, -0.05) is 0 Å². The van der Waals surface area contributed by atoms with E-state index in [4.69, 9.17) is 0 Å². The molecule has 16 heavy (non-hydrogen) atoms. The fraction of sp³-hybridized carbons (Fsp3) is 0.615. The highest BCUT2D eigenvalue weighted by Crippen LogP contribution is 2.45. The van der Waals surface area contributed by atoms with Gasteiger partial charge in [0.1, 0.15) is 5.82 Å². The van der Waals surface area contributed by atoms with Crippen LogP contribution in [0.3, 0.4) is 0 Å². The number of nitrogens with one attached hydrogen (secondary N) is 2. The first-order valence-electron chi connectivity index (χ1n) is 6.27. The van der Waals surface area contributed by atoms with Gasteiger partial charge in [-0.2, -0.15) is 0 Å². The highest BCUT2D eigenvalue weighted by molar-refractivity contribution is 5.52. The Morgan fingerprint density at radius 3 is 2.50 bits per heavy atom. The second-order valence-electron chi connectivity index (χ2n) is 5.02. The smallest absolute Gasteiger partial charge is 0.127 e. The fourth-order valence-corrected chi connectivity index (χ4v) is 2.38. The lowest BCUT2D eigenvalue weighted by Gasteiger charge is -2.19. The predicted octanol–water partition coefficient (Wildman–Crippen LogP) is 2.72. The molecule has 2 aliphatic rings. The minimum Gasteiger partial charge on any atom is -0.382 e. The zero-order valence-electron chi connectivity index (χ0n) is 9.74. The third-order valence-electron chi connectivity index (χ3n) is 3.61. The van der Waals surface area contributed by atoms with Crippen LogP contribution in [-0.2, 0) is 0 Å². The van der Waals surface area contributed by atoms with Crippen LogP contribution in [0.1, 0.15) is 25.7 Å². The average molecular weight is 217 g/mol. The van der Waals surface area contributed by atoms with Crippen LogP contribution >= 0.6 is 0 Å². The standard InChI is InChI=1S/C13H19N3/c1-14-12-8-11(6-7-15-12)16-13(9-2-3-9)10-4-5-10/h6-10,13H,2-5H2,1H3,(H2,14,15,16). The van der Waals surface area contributed by atoms with Crippen molar-refractivity contribution in [2.75, 3.05) is 17.7 Å². The molecule has 2 aliphatic carbocycles. The fourth-order valence-electron chi connectivity index (χ4n) is 2.38. The number of anilines is 2. The maximum atomic E-state index is 4.24. The third-order valence-corrected chi connectivity index (χ3v) is 3.61. The lowest BCUT2D eigenvalue weighted by Crippen LogP contribution is -2.24. The van der Waals surface area contributed by atoms with E-state index in [1.165, 1.54) is 31.4 Å². The van der Waals surface area contributed by atoms with Gasteiger partial charge in [-0.05, 0) is 43.6 Å². The Bertz CT molecular complexity index is 357. The van der Waals surface area contributed by atoms with E-state index in [0.29, 0.717) is 6.04 Å². The van der Waals surface area contributed by atoms with E-state index in [0.717, 1.165) is 17.7 Å². The lowest BCUT2D eigenvalue weighted by atomic mass is 10.1. The van der Waals surface area contributed by atoms with Crippen molar-refractivity contribution in [1.82, 2.24) is 4.98 Å². The summed E-state index contributed by atoms with van der Waals surface area (Å²) in [5.41, 5.74) is 1.21. The van der Waals surface area contributed by atoms with Crippen LogP contribution in [0, 0.1) is 11.8 Å². The molecule has 0 bridgehead atoms. The molecule has 1 heterocycles. The summed E-state index contributed by atoms with van der Waals surface area (Å²) in [6, 6.07) is 4.88. The summed E-state index contributed by atoms with van der Waals surface area (Å²) in [7, 11) is 1.91. The van der Waals surface area contributed by atoms with Crippen LogP contribution in [0.5, 0.6) is 0 Å². The average Bonchev–Trinajstić information content (AvgIpc) is 3.18. The Kier molecular flexibility index (Phi) is 2.46. The van der Waals surface area contributed by atoms with Gasteiger partial charge in [-0.25, -0.2) is 4.98 Å². The Balaban J connectivity index is 1.70. The molecule has 2 saturated carbocycles. The van der Waals surface area contributed by atoms with Gasteiger partial charge < -0.3 is 10.6 Å². The quantitative estimate of drug-likeness (QED) is 0.796. The number of hydrogen-bond donors (Lipinski definition) is 2. The van der Waals surface area contributed by atoms with Crippen molar-refractivity contribution >= 4 is 11.5 Å². The van der Waals surface area contributed by atoms with Gasteiger partial charge in [0.25, 0.3) is 0 Å². The summed E-state index contributed by atoms with van der Waals surface area (Å²) in [5.74, 6) is 2.80. The molecule has 0 saturated heterocycles. The predicted molar refractivity (Wildman–Crippen MR) is 66.6 cm³/mol. The van der Waals surface area contributed by atoms with Crippen molar-refractivity contribution in [1.29, 1.82) is 0 Å². The second-order valence-corrected chi connectivity index (χ2v) is 5.02. The Morgan fingerprint density at radius 2 is 1.94 bits per heavy atom. The Labute approximate surface area is 96.7 Å². The van der Waals surface area contributed by atoms with Crippen molar-refractivity contribution in [3.63, 3.8) is 0 Å². The van der Waals surface area contributed by atoms with Crippen LogP contribution in [0.2, 0.25) is 0 Å². The number of hydrogen-bond acceptors (Lipinski definition) is 3. The van der Waals surface area contributed by atoms with Gasteiger partial charge in [-0.3, -0.25) is 0 Å². The van der Waals surface area contributed by atoms with Gasteiger partial charge in [0, 0.05) is 31.0 Å². The van der Waals surface area contributed by atoms with E-state index >= 15 is 0 Å². The number of aromatic nitrogens is 1. The van der Waals surface area contributed by atoms with Gasteiger partial charge in [0.2, 0.25) is 0 Å². The van der Waals surface area contributed by atoms with Crippen molar-refractivity contribution < 1.29 is 0 Å². The first-order valence-corrected chi connectivity index (χ1v) is 6.27. The number of pyridine rings is 1. The van der Waals surface area contributed by atoms with Crippen LogP contribution in [0.4, 0.5) is 11.5 Å². The molecule has 2 N–H and O–H groups in total. The minimum absolute atomic E-state index is 0.715. The van der Waals surface area contributed by atoms with Gasteiger partial charge >= 0.3 is 0 Å². The largest absolute Gasteiger partial charge is 0.382 e. The summed E-state index contributed by atoms with van der Waals surface area (Å²) in [6.07, 6.45) is 7.53. The zero-order chi connectivity index (χ0) is 11.0. The van der Waals surface area contributed by atoms with Crippen LogP contribution in [0.15, 0.2) is 18.3 Å². The maximum absolute atomic E-state index is 4.24. The van der Waals surface area contributed by atoms with Crippen molar-refractivity contribution in [3.05, 3.63) is 18.3 Å². The molecule has 0 aliphatic heterocycles. The molecule has 1 aromatic rings. The van der Waals surface area contributed by atoms with Gasteiger partial charge in [-0.15, -0.1) is 0 Å². The third kappa shape index (κ3) is 2.13. The first kappa shape index (κ1) is 9.94. The summed E-state index contributed by atoms with van der Waals surface area (Å²) in [6.45, 7) is 0. The molecule has 86 valence electrons. The van der Waals surface area contributed by atoms with E-state index in [1.807, 2.05) is 13.2 Å². The van der Waals surface area contributed by atoms with Gasteiger partial charge in [0.15, 0.2) is 0 Å². The maximum Gasteiger partial charge on any atom is 0.127 e. The highest BCUT2D eigenvalue weighted by atomic mass is 15.0. The first-order chi connectivity index (χ1) is 7.86. The van der Waals surface area contributed by atoms with Crippen molar-refractivity contribution in [2.45, 2.75) is 31.7 Å². The zero-order valence-corrected chi connectivity index (χ0v) is 9.74. The molecule has 0 atom stereocenters. The molecule has 3 rings (SSSR count). The van der Waals surface area contributed by atoms with E-state index < -0.39 is 0 Å². The molecule has 0 unspecified atom stereocenters. The van der Waals surface area contributed by atoms with E-state index in [1.54, 1.807) is 0 Å². The van der Waals surface area contributed by atoms with Crippen LogP contribution < -0.4 is 10.6 Å². The van der Waals surface area contributed by atoms with Crippen molar-refractivity contribution in [3.8, 4) is 0 Å². The summed E-state index contributed by atoms with van der Waals surface area (Å²) >= 11 is 0. The SMILES string of the molecule is CNc1cc(NC(C2CC2)C2CC2)ccn1. The van der Waals surface area contributed by atoms with Gasteiger partial charge in [0.05, 0.1) is 0 Å².